The average molecular weight is 424 g/mol. The van der Waals surface area contributed by atoms with Crippen molar-refractivity contribution in [1.82, 2.24) is 10.6 Å². The van der Waals surface area contributed by atoms with Crippen molar-refractivity contribution in [3.8, 4) is 0 Å². The fraction of sp³-hybridized carbons (Fsp3) is 0.278. The summed E-state index contributed by atoms with van der Waals surface area (Å²) >= 11 is 3.42. The number of guanidine groups is 1. The number of rotatable bonds is 5. The maximum atomic E-state index is 11.7. The fourth-order valence-electron chi connectivity index (χ4n) is 2.43. The molecule has 25 heavy (non-hydrogen) atoms. The summed E-state index contributed by atoms with van der Waals surface area (Å²) in [6, 6.07) is 13.4. The van der Waals surface area contributed by atoms with Crippen LogP contribution in [0.5, 0.6) is 0 Å². The van der Waals surface area contributed by atoms with Gasteiger partial charge in [-0.15, -0.1) is 0 Å². The molecule has 0 aliphatic rings. The molecule has 0 radical (unpaired) electrons. The summed E-state index contributed by atoms with van der Waals surface area (Å²) in [7, 11) is -1.47. The highest BCUT2D eigenvalue weighted by atomic mass is 79.9. The quantitative estimate of drug-likeness (QED) is 0.572. The number of hydrogen-bond acceptors (Lipinski definition) is 3. The Morgan fingerprint density at radius 2 is 1.60 bits per heavy atom. The van der Waals surface area contributed by atoms with Gasteiger partial charge in [-0.1, -0.05) is 40.2 Å². The zero-order valence-electron chi connectivity index (χ0n) is 14.5. The molecule has 0 unspecified atom stereocenters. The van der Waals surface area contributed by atoms with E-state index in [1.165, 1.54) is 6.26 Å². The minimum Gasteiger partial charge on any atom is -0.352 e. The molecule has 0 aromatic heterocycles. The lowest BCUT2D eigenvalue weighted by Gasteiger charge is -2.13. The van der Waals surface area contributed by atoms with Gasteiger partial charge >= 0.3 is 0 Å². The minimum atomic E-state index is -3.19. The van der Waals surface area contributed by atoms with Gasteiger partial charge in [0.25, 0.3) is 0 Å². The summed E-state index contributed by atoms with van der Waals surface area (Å²) in [6.45, 7) is 3.03. The second-order valence-electron chi connectivity index (χ2n) is 5.78. The van der Waals surface area contributed by atoms with E-state index in [1.54, 1.807) is 20.0 Å². The van der Waals surface area contributed by atoms with Gasteiger partial charge in [0.05, 0.1) is 4.90 Å². The molecule has 0 aliphatic carbocycles. The molecule has 0 heterocycles. The van der Waals surface area contributed by atoms with Crippen molar-refractivity contribution in [1.29, 1.82) is 0 Å². The van der Waals surface area contributed by atoms with Gasteiger partial charge < -0.3 is 10.6 Å². The van der Waals surface area contributed by atoms with E-state index in [2.05, 4.69) is 31.6 Å². The van der Waals surface area contributed by atoms with Gasteiger partial charge in [-0.2, -0.15) is 0 Å². The molecule has 0 aliphatic heterocycles. The van der Waals surface area contributed by atoms with Gasteiger partial charge in [-0.25, -0.2) is 8.42 Å². The first-order valence-corrected chi connectivity index (χ1v) is 10.5. The van der Waals surface area contributed by atoms with E-state index >= 15 is 0 Å². The summed E-state index contributed by atoms with van der Waals surface area (Å²) in [5, 5.41) is 6.49. The molecule has 0 saturated carbocycles. The topological polar surface area (TPSA) is 70.6 Å². The lowest BCUT2D eigenvalue weighted by molar-refractivity contribution is 0.601. The first-order valence-electron chi connectivity index (χ1n) is 7.78. The van der Waals surface area contributed by atoms with Crippen molar-refractivity contribution >= 4 is 31.7 Å². The van der Waals surface area contributed by atoms with E-state index in [9.17, 15) is 8.42 Å². The standard InChI is InChI=1S/C18H22BrN3O2S/c1-13-10-15(6-9-17(13)25(3,23)24)12-22-18(20-2)21-11-14-4-7-16(19)8-5-14/h4-10H,11-12H2,1-3H3,(H2,20,21,22). The Hall–Kier alpha value is -1.86. The third kappa shape index (κ3) is 5.86. The smallest absolute Gasteiger partial charge is 0.191 e. The lowest BCUT2D eigenvalue weighted by Crippen LogP contribution is -2.36. The average Bonchev–Trinajstić information content (AvgIpc) is 2.55. The molecule has 2 N–H and O–H groups in total. The van der Waals surface area contributed by atoms with Gasteiger partial charge in [-0.3, -0.25) is 4.99 Å². The SMILES string of the molecule is CN=C(NCc1ccc(Br)cc1)NCc1ccc(S(C)(=O)=O)c(C)c1. The molecular formula is C18H22BrN3O2S. The van der Waals surface area contributed by atoms with Crippen molar-refractivity contribution in [3.05, 3.63) is 63.6 Å². The molecule has 0 bridgehead atoms. The zero-order chi connectivity index (χ0) is 18.4. The van der Waals surface area contributed by atoms with Crippen LogP contribution in [-0.2, 0) is 22.9 Å². The predicted molar refractivity (Wildman–Crippen MR) is 105 cm³/mol. The Morgan fingerprint density at radius 3 is 2.12 bits per heavy atom. The van der Waals surface area contributed by atoms with Gasteiger partial charge in [0.2, 0.25) is 0 Å². The highest BCUT2D eigenvalue weighted by Crippen LogP contribution is 2.16. The van der Waals surface area contributed by atoms with E-state index < -0.39 is 9.84 Å². The van der Waals surface area contributed by atoms with Crippen LogP contribution in [0.4, 0.5) is 0 Å². The molecule has 0 spiro atoms. The molecule has 0 amide bonds. The molecule has 5 nitrogen and oxygen atoms in total. The Morgan fingerprint density at radius 1 is 1.04 bits per heavy atom. The molecule has 0 saturated heterocycles. The third-order valence-electron chi connectivity index (χ3n) is 3.70. The van der Waals surface area contributed by atoms with Crippen LogP contribution in [0.1, 0.15) is 16.7 Å². The summed E-state index contributed by atoms with van der Waals surface area (Å²) in [5.41, 5.74) is 2.90. The molecule has 7 heteroatoms. The Balaban J connectivity index is 1.94. The van der Waals surface area contributed by atoms with Crippen molar-refractivity contribution in [3.63, 3.8) is 0 Å². The second kappa shape index (κ2) is 8.49. The van der Waals surface area contributed by atoms with E-state index in [0.29, 0.717) is 23.9 Å². The van der Waals surface area contributed by atoms with Crippen LogP contribution < -0.4 is 10.6 Å². The van der Waals surface area contributed by atoms with Crippen LogP contribution in [0.2, 0.25) is 0 Å². The number of nitrogens with one attached hydrogen (secondary N) is 2. The van der Waals surface area contributed by atoms with Crippen molar-refractivity contribution in [2.45, 2.75) is 24.9 Å². The summed E-state index contributed by atoms with van der Waals surface area (Å²) in [4.78, 5) is 4.57. The van der Waals surface area contributed by atoms with Crippen LogP contribution in [-0.4, -0.2) is 27.7 Å². The number of aryl methyl sites for hydroxylation is 1. The first kappa shape index (κ1) is 19.5. The van der Waals surface area contributed by atoms with Crippen LogP contribution in [0.25, 0.3) is 0 Å². The molecule has 2 rings (SSSR count). The fourth-order valence-corrected chi connectivity index (χ4v) is 3.66. The van der Waals surface area contributed by atoms with Crippen LogP contribution >= 0.6 is 15.9 Å². The molecule has 134 valence electrons. The Kier molecular flexibility index (Phi) is 6.61. The van der Waals surface area contributed by atoms with Crippen LogP contribution in [0.3, 0.4) is 0 Å². The molecular weight excluding hydrogens is 402 g/mol. The number of halogens is 1. The van der Waals surface area contributed by atoms with Crippen molar-refractivity contribution in [2.24, 2.45) is 4.99 Å². The number of hydrogen-bond donors (Lipinski definition) is 2. The lowest BCUT2D eigenvalue weighted by atomic mass is 10.1. The minimum absolute atomic E-state index is 0.369. The number of benzene rings is 2. The Labute approximate surface area is 157 Å². The highest BCUT2D eigenvalue weighted by molar-refractivity contribution is 9.10. The normalized spacial score (nSPS) is 12.1. The molecule has 0 fully saturated rings. The van der Waals surface area contributed by atoms with Crippen LogP contribution in [0, 0.1) is 6.92 Å². The largest absolute Gasteiger partial charge is 0.352 e. The van der Waals surface area contributed by atoms with E-state index in [4.69, 9.17) is 0 Å². The number of aliphatic imine (C=N–C) groups is 1. The van der Waals surface area contributed by atoms with Gasteiger partial charge in [-0.05, 0) is 41.8 Å². The van der Waals surface area contributed by atoms with Gasteiger partial charge in [0.1, 0.15) is 0 Å². The number of nitrogens with zero attached hydrogens (tertiary/aromatic N) is 1. The Bertz CT molecular complexity index is 862. The molecule has 2 aromatic rings. The summed E-state index contributed by atoms with van der Waals surface area (Å²) in [5.74, 6) is 0.688. The maximum absolute atomic E-state index is 11.7. The maximum Gasteiger partial charge on any atom is 0.191 e. The van der Waals surface area contributed by atoms with E-state index in [1.807, 2.05) is 36.4 Å². The highest BCUT2D eigenvalue weighted by Gasteiger charge is 2.10. The number of sulfone groups is 1. The summed E-state index contributed by atoms with van der Waals surface area (Å²) < 4.78 is 24.4. The predicted octanol–water partition coefficient (Wildman–Crippen LogP) is 3.03. The zero-order valence-corrected chi connectivity index (χ0v) is 16.9. The van der Waals surface area contributed by atoms with E-state index in [0.717, 1.165) is 21.2 Å². The summed E-state index contributed by atoms with van der Waals surface area (Å²) in [6.07, 6.45) is 1.22. The van der Waals surface area contributed by atoms with Crippen molar-refractivity contribution < 1.29 is 8.42 Å². The third-order valence-corrected chi connectivity index (χ3v) is 5.48. The van der Waals surface area contributed by atoms with Crippen molar-refractivity contribution in [2.75, 3.05) is 13.3 Å². The first-order chi connectivity index (χ1) is 11.8. The van der Waals surface area contributed by atoms with Gasteiger partial charge in [0.15, 0.2) is 15.8 Å². The second-order valence-corrected chi connectivity index (χ2v) is 8.68. The molecule has 0 atom stereocenters. The van der Waals surface area contributed by atoms with E-state index in [-0.39, 0.29) is 0 Å². The molecule has 2 aromatic carbocycles. The monoisotopic (exact) mass is 423 g/mol. The van der Waals surface area contributed by atoms with Crippen LogP contribution in [0.15, 0.2) is 56.8 Å². The van der Waals surface area contributed by atoms with Gasteiger partial charge in [0, 0.05) is 30.9 Å².